The average molecular weight is 307 g/mol. The summed E-state index contributed by atoms with van der Waals surface area (Å²) < 4.78 is 11.9. The lowest BCUT2D eigenvalue weighted by Gasteiger charge is -2.30. The van der Waals surface area contributed by atoms with Crippen LogP contribution in [0, 0.1) is 17.7 Å². The van der Waals surface area contributed by atoms with Crippen LogP contribution in [0.15, 0.2) is 35.5 Å². The topological polar surface area (TPSA) is 56.7 Å². The van der Waals surface area contributed by atoms with Gasteiger partial charge in [-0.15, -0.1) is 0 Å². The molecule has 2 aliphatic heterocycles. The van der Waals surface area contributed by atoms with Gasteiger partial charge in [0.25, 0.3) is 0 Å². The Bertz CT molecular complexity index is 420. The van der Waals surface area contributed by atoms with Gasteiger partial charge in [0, 0.05) is 11.8 Å². The van der Waals surface area contributed by atoms with Crippen molar-refractivity contribution in [3.63, 3.8) is 0 Å². The molecular formula is C17H26FN3O. The van der Waals surface area contributed by atoms with Gasteiger partial charge in [0.15, 0.2) is 0 Å². The Morgan fingerprint density at radius 2 is 1.36 bits per heavy atom. The van der Waals surface area contributed by atoms with Crippen molar-refractivity contribution in [3.05, 3.63) is 36.1 Å². The van der Waals surface area contributed by atoms with Crippen LogP contribution in [0.2, 0.25) is 0 Å². The van der Waals surface area contributed by atoms with E-state index in [1.165, 1.54) is 12.1 Å². The third-order valence-electron chi connectivity index (χ3n) is 4.36. The van der Waals surface area contributed by atoms with Gasteiger partial charge in [-0.2, -0.15) is 0 Å². The van der Waals surface area contributed by atoms with E-state index in [0.29, 0.717) is 11.8 Å². The molecule has 122 valence electrons. The zero-order chi connectivity index (χ0) is 15.6. The van der Waals surface area contributed by atoms with Crippen molar-refractivity contribution < 1.29 is 9.60 Å². The van der Waals surface area contributed by atoms with Crippen molar-refractivity contribution in [1.82, 2.24) is 10.6 Å². The Morgan fingerprint density at radius 1 is 0.909 bits per heavy atom. The predicted molar refractivity (Wildman–Crippen MR) is 86.8 cm³/mol. The Labute approximate surface area is 131 Å². The SMILES string of the molecule is Fc1ccccc1.ON=C(C1CCNCC1)C1CCNCC1. The molecule has 0 unspecified atom stereocenters. The monoisotopic (exact) mass is 307 g/mol. The van der Waals surface area contributed by atoms with E-state index in [0.717, 1.165) is 57.6 Å². The molecule has 0 aromatic heterocycles. The van der Waals surface area contributed by atoms with Crippen LogP contribution in [0.5, 0.6) is 0 Å². The fourth-order valence-electron chi connectivity index (χ4n) is 3.15. The molecule has 0 bridgehead atoms. The minimum atomic E-state index is -0.178. The first kappa shape index (κ1) is 16.9. The summed E-state index contributed by atoms with van der Waals surface area (Å²) in [5.74, 6) is 0.848. The number of nitrogens with one attached hydrogen (secondary N) is 2. The molecule has 0 atom stereocenters. The predicted octanol–water partition coefficient (Wildman–Crippen LogP) is 2.64. The highest BCUT2D eigenvalue weighted by Gasteiger charge is 2.27. The molecule has 2 aliphatic rings. The van der Waals surface area contributed by atoms with Crippen LogP contribution < -0.4 is 10.6 Å². The Balaban J connectivity index is 0.000000211. The van der Waals surface area contributed by atoms with Crippen LogP contribution in [-0.4, -0.2) is 37.1 Å². The molecule has 22 heavy (non-hydrogen) atoms. The first-order valence-corrected chi connectivity index (χ1v) is 8.15. The normalized spacial score (nSPS) is 19.9. The van der Waals surface area contributed by atoms with Crippen molar-refractivity contribution in [1.29, 1.82) is 0 Å². The Hall–Kier alpha value is -1.46. The fourth-order valence-corrected chi connectivity index (χ4v) is 3.15. The molecule has 0 amide bonds. The number of nitrogens with zero attached hydrogens (tertiary/aromatic N) is 1. The number of oxime groups is 1. The van der Waals surface area contributed by atoms with Crippen molar-refractivity contribution >= 4 is 5.71 Å². The first-order valence-electron chi connectivity index (χ1n) is 8.15. The van der Waals surface area contributed by atoms with Gasteiger partial charge in [0.2, 0.25) is 0 Å². The number of rotatable bonds is 2. The lowest BCUT2D eigenvalue weighted by Crippen LogP contribution is -2.38. The number of halogens is 1. The molecule has 0 saturated carbocycles. The van der Waals surface area contributed by atoms with Gasteiger partial charge in [-0.1, -0.05) is 23.4 Å². The summed E-state index contributed by atoms with van der Waals surface area (Å²) in [6.45, 7) is 4.26. The summed E-state index contributed by atoms with van der Waals surface area (Å²) in [4.78, 5) is 0. The molecule has 0 spiro atoms. The van der Waals surface area contributed by atoms with E-state index in [1.54, 1.807) is 18.2 Å². The Morgan fingerprint density at radius 3 is 1.68 bits per heavy atom. The van der Waals surface area contributed by atoms with Crippen molar-refractivity contribution in [2.24, 2.45) is 17.0 Å². The Kier molecular flexibility index (Phi) is 7.33. The van der Waals surface area contributed by atoms with E-state index in [2.05, 4.69) is 15.8 Å². The van der Waals surface area contributed by atoms with Crippen molar-refractivity contribution in [2.75, 3.05) is 26.2 Å². The lowest BCUT2D eigenvalue weighted by molar-refractivity contribution is 0.298. The van der Waals surface area contributed by atoms with Crippen molar-refractivity contribution in [3.8, 4) is 0 Å². The fraction of sp³-hybridized carbons (Fsp3) is 0.588. The molecular weight excluding hydrogens is 281 g/mol. The maximum atomic E-state index is 11.9. The molecule has 2 saturated heterocycles. The second-order valence-electron chi connectivity index (χ2n) is 5.87. The van der Waals surface area contributed by atoms with E-state index in [-0.39, 0.29) is 5.82 Å². The van der Waals surface area contributed by atoms with E-state index >= 15 is 0 Å². The molecule has 2 fully saturated rings. The molecule has 0 radical (unpaired) electrons. The molecule has 3 N–H and O–H groups in total. The van der Waals surface area contributed by atoms with Crippen LogP contribution in [0.1, 0.15) is 25.7 Å². The summed E-state index contributed by atoms with van der Waals surface area (Å²) in [5, 5.41) is 19.5. The third-order valence-corrected chi connectivity index (χ3v) is 4.36. The van der Waals surface area contributed by atoms with Crippen LogP contribution in [0.4, 0.5) is 4.39 Å². The van der Waals surface area contributed by atoms with Gasteiger partial charge in [-0.3, -0.25) is 0 Å². The maximum Gasteiger partial charge on any atom is 0.123 e. The maximum absolute atomic E-state index is 11.9. The van der Waals surface area contributed by atoms with E-state index in [1.807, 2.05) is 0 Å². The standard InChI is InChI=1S/C11H21N3O.C6H5F/c15-14-11(9-1-5-12-6-2-9)10-3-7-13-8-4-10;7-6-4-2-1-3-5-6/h9-10,12-13,15H,1-8H2;1-5H. The first-order chi connectivity index (χ1) is 10.8. The van der Waals surface area contributed by atoms with Crippen LogP contribution in [-0.2, 0) is 0 Å². The molecule has 1 aromatic rings. The van der Waals surface area contributed by atoms with Gasteiger partial charge < -0.3 is 15.8 Å². The van der Waals surface area contributed by atoms with Crippen LogP contribution in [0.3, 0.4) is 0 Å². The number of benzene rings is 1. The highest BCUT2D eigenvalue weighted by molar-refractivity contribution is 5.88. The van der Waals surface area contributed by atoms with Gasteiger partial charge in [0.1, 0.15) is 5.82 Å². The smallest absolute Gasteiger partial charge is 0.123 e. The number of hydrogen-bond acceptors (Lipinski definition) is 4. The molecule has 2 heterocycles. The van der Waals surface area contributed by atoms with Crippen LogP contribution >= 0.6 is 0 Å². The second kappa shape index (κ2) is 9.54. The minimum Gasteiger partial charge on any atom is -0.411 e. The highest BCUT2D eigenvalue weighted by Crippen LogP contribution is 2.24. The minimum absolute atomic E-state index is 0.178. The number of hydrogen-bond donors (Lipinski definition) is 3. The number of piperidine rings is 2. The molecule has 4 nitrogen and oxygen atoms in total. The zero-order valence-corrected chi connectivity index (χ0v) is 13.0. The zero-order valence-electron chi connectivity index (χ0n) is 13.0. The summed E-state index contributed by atoms with van der Waals surface area (Å²) in [5.41, 5.74) is 1.07. The van der Waals surface area contributed by atoms with Gasteiger partial charge in [-0.25, -0.2) is 4.39 Å². The molecule has 0 aliphatic carbocycles. The van der Waals surface area contributed by atoms with Crippen molar-refractivity contribution in [2.45, 2.75) is 25.7 Å². The third kappa shape index (κ3) is 5.39. The summed E-state index contributed by atoms with van der Waals surface area (Å²) >= 11 is 0. The summed E-state index contributed by atoms with van der Waals surface area (Å²) in [6, 6.07) is 7.94. The average Bonchev–Trinajstić information content (AvgIpc) is 2.59. The van der Waals surface area contributed by atoms with Gasteiger partial charge in [0.05, 0.1) is 5.71 Å². The molecule has 3 rings (SSSR count). The molecule has 5 heteroatoms. The highest BCUT2D eigenvalue weighted by atomic mass is 19.1. The van der Waals surface area contributed by atoms with E-state index < -0.39 is 0 Å². The van der Waals surface area contributed by atoms with E-state index in [9.17, 15) is 9.60 Å². The van der Waals surface area contributed by atoms with Gasteiger partial charge >= 0.3 is 0 Å². The molecule has 1 aromatic carbocycles. The second-order valence-corrected chi connectivity index (χ2v) is 5.87. The van der Waals surface area contributed by atoms with Gasteiger partial charge in [-0.05, 0) is 64.0 Å². The quantitative estimate of drug-likeness (QED) is 0.447. The largest absolute Gasteiger partial charge is 0.411 e. The lowest BCUT2D eigenvalue weighted by atomic mass is 9.81. The summed E-state index contributed by atoms with van der Waals surface area (Å²) in [6.07, 6.45) is 4.51. The van der Waals surface area contributed by atoms with E-state index in [4.69, 9.17) is 0 Å². The van der Waals surface area contributed by atoms with Crippen LogP contribution in [0.25, 0.3) is 0 Å². The summed E-state index contributed by atoms with van der Waals surface area (Å²) in [7, 11) is 0.